The third-order valence-electron chi connectivity index (χ3n) is 6.17. The Kier molecular flexibility index (Phi) is 10.2. The number of carbonyl (C=O) groups is 4. The number of nitrogens with one attached hydrogen (secondary N) is 2. The summed E-state index contributed by atoms with van der Waals surface area (Å²) in [5, 5.41) is 23.9. The van der Waals surface area contributed by atoms with Crippen LogP contribution in [0.3, 0.4) is 0 Å². The Morgan fingerprint density at radius 1 is 0.721 bits per heavy atom. The first kappa shape index (κ1) is 30.0. The molecule has 1 fully saturated rings. The molecule has 0 aliphatic carbocycles. The number of hydrogen-bond donors (Lipinski definition) is 2. The zero-order valence-electron chi connectivity index (χ0n) is 22.4. The van der Waals surface area contributed by atoms with E-state index in [1.165, 1.54) is 24.3 Å². The second-order valence-corrected chi connectivity index (χ2v) is 8.91. The average molecular weight is 581 g/mol. The minimum Gasteiger partial charge on any atom is -0.459 e. The van der Waals surface area contributed by atoms with Gasteiger partial charge >= 0.3 is 17.9 Å². The van der Waals surface area contributed by atoms with E-state index in [1.54, 1.807) is 78.9 Å². The lowest BCUT2D eigenvalue weighted by atomic mass is 10.1. The van der Waals surface area contributed by atoms with Gasteiger partial charge in [-0.05, 0) is 36.4 Å². The van der Waals surface area contributed by atoms with Crippen molar-refractivity contribution in [1.29, 1.82) is 10.5 Å². The van der Waals surface area contributed by atoms with E-state index in [1.807, 2.05) is 0 Å². The summed E-state index contributed by atoms with van der Waals surface area (Å²) < 4.78 is 23.0. The molecule has 12 heteroatoms. The van der Waals surface area contributed by atoms with Gasteiger partial charge in [0.05, 0.1) is 16.7 Å². The summed E-state index contributed by atoms with van der Waals surface area (Å²) in [6.45, 7) is -0.443. The van der Waals surface area contributed by atoms with E-state index < -0.39 is 60.4 Å². The molecular weight excluding hydrogens is 556 g/mol. The standard InChI is InChI=1S/C31H24N4O8/c32-16-23(34-19-36)24(17-33)35-28-27(43-31(39)22-14-8-3-9-15-22)26(42-30(38)21-12-6-2-7-13-21)25(41-28)18-40-29(37)20-10-4-1-5-11-20/h1-15,19,25-28,35H,18H2,(H,34,36)/b24-23-/t25-,26-,27-,28-/m1/s1. The maximum absolute atomic E-state index is 13.1. The summed E-state index contributed by atoms with van der Waals surface area (Å²) in [6, 6.07) is 27.5. The van der Waals surface area contributed by atoms with Crippen molar-refractivity contribution in [2.75, 3.05) is 6.61 Å². The predicted molar refractivity (Wildman–Crippen MR) is 147 cm³/mol. The Hall–Kier alpha value is -5.98. The van der Waals surface area contributed by atoms with Crippen LogP contribution in [0.5, 0.6) is 0 Å². The highest BCUT2D eigenvalue weighted by Crippen LogP contribution is 2.29. The lowest BCUT2D eigenvalue weighted by Gasteiger charge is -2.25. The topological polar surface area (TPSA) is 177 Å². The van der Waals surface area contributed by atoms with E-state index >= 15 is 0 Å². The lowest BCUT2D eigenvalue weighted by Crippen LogP contribution is -2.46. The molecule has 0 radical (unpaired) electrons. The molecule has 12 nitrogen and oxygen atoms in total. The van der Waals surface area contributed by atoms with Gasteiger partial charge in [-0.25, -0.2) is 14.4 Å². The van der Waals surface area contributed by atoms with Crippen LogP contribution in [0.4, 0.5) is 0 Å². The summed E-state index contributed by atoms with van der Waals surface area (Å²) in [6.07, 6.45) is -5.16. The van der Waals surface area contributed by atoms with Crippen molar-refractivity contribution in [2.24, 2.45) is 0 Å². The molecule has 3 aromatic carbocycles. The number of esters is 3. The molecule has 216 valence electrons. The highest BCUT2D eigenvalue weighted by molar-refractivity contribution is 5.91. The molecule has 0 unspecified atom stereocenters. The zero-order valence-corrected chi connectivity index (χ0v) is 22.4. The number of nitrogens with zero attached hydrogens (tertiary/aromatic N) is 2. The fourth-order valence-electron chi connectivity index (χ4n) is 4.12. The molecule has 3 aromatic rings. The van der Waals surface area contributed by atoms with Crippen molar-refractivity contribution < 1.29 is 38.1 Å². The number of hydrogen-bond acceptors (Lipinski definition) is 11. The molecule has 0 saturated carbocycles. The number of rotatable bonds is 11. The second kappa shape index (κ2) is 14.6. The van der Waals surface area contributed by atoms with Gasteiger partial charge in [-0.2, -0.15) is 10.5 Å². The number of amides is 1. The highest BCUT2D eigenvalue weighted by atomic mass is 16.7. The Morgan fingerprint density at radius 3 is 1.65 bits per heavy atom. The van der Waals surface area contributed by atoms with Gasteiger partial charge in [0, 0.05) is 0 Å². The lowest BCUT2D eigenvalue weighted by molar-refractivity contribution is -0.108. The van der Waals surface area contributed by atoms with E-state index in [4.69, 9.17) is 18.9 Å². The molecule has 0 bridgehead atoms. The van der Waals surface area contributed by atoms with Crippen LogP contribution >= 0.6 is 0 Å². The first-order valence-corrected chi connectivity index (χ1v) is 12.9. The van der Waals surface area contributed by atoms with Gasteiger partial charge < -0.3 is 29.6 Å². The third kappa shape index (κ3) is 7.61. The normalized spacial score (nSPS) is 19.4. The summed E-state index contributed by atoms with van der Waals surface area (Å²) in [7, 11) is 0. The van der Waals surface area contributed by atoms with Crippen LogP contribution in [0, 0.1) is 22.7 Å². The maximum Gasteiger partial charge on any atom is 0.338 e. The Labute approximate surface area is 246 Å². The Balaban J connectivity index is 1.69. The molecule has 4 atom stereocenters. The minimum absolute atomic E-state index is 0.171. The molecule has 43 heavy (non-hydrogen) atoms. The van der Waals surface area contributed by atoms with Gasteiger partial charge in [0.15, 0.2) is 29.8 Å². The van der Waals surface area contributed by atoms with E-state index in [-0.39, 0.29) is 23.1 Å². The van der Waals surface area contributed by atoms with Crippen molar-refractivity contribution in [3.63, 3.8) is 0 Å². The molecule has 0 spiro atoms. The molecule has 1 amide bonds. The van der Waals surface area contributed by atoms with Gasteiger partial charge in [-0.3, -0.25) is 4.79 Å². The summed E-state index contributed by atoms with van der Waals surface area (Å²) in [5.41, 5.74) is -0.244. The largest absolute Gasteiger partial charge is 0.459 e. The van der Waals surface area contributed by atoms with E-state index in [9.17, 15) is 29.7 Å². The fourth-order valence-corrected chi connectivity index (χ4v) is 4.12. The average Bonchev–Trinajstić information content (AvgIpc) is 3.37. The molecule has 1 aliphatic rings. The molecule has 0 aromatic heterocycles. The number of nitriles is 2. The van der Waals surface area contributed by atoms with Crippen molar-refractivity contribution in [1.82, 2.24) is 10.6 Å². The van der Waals surface area contributed by atoms with Crippen LogP contribution < -0.4 is 10.6 Å². The highest BCUT2D eigenvalue weighted by Gasteiger charge is 2.51. The van der Waals surface area contributed by atoms with Crippen LogP contribution in [0.15, 0.2) is 102 Å². The molecular formula is C31H24N4O8. The van der Waals surface area contributed by atoms with Crippen LogP contribution in [0.1, 0.15) is 31.1 Å². The number of carbonyl (C=O) groups excluding carboxylic acids is 4. The predicted octanol–water partition coefficient (Wildman–Crippen LogP) is 2.61. The van der Waals surface area contributed by atoms with Crippen molar-refractivity contribution >= 4 is 24.3 Å². The molecule has 1 aliphatic heterocycles. The van der Waals surface area contributed by atoms with E-state index in [0.29, 0.717) is 0 Å². The minimum atomic E-state index is -1.42. The summed E-state index contributed by atoms with van der Waals surface area (Å²) >= 11 is 0. The van der Waals surface area contributed by atoms with Gasteiger partial charge in [-0.15, -0.1) is 0 Å². The van der Waals surface area contributed by atoms with Gasteiger partial charge in [-0.1, -0.05) is 54.6 Å². The smallest absolute Gasteiger partial charge is 0.338 e. The van der Waals surface area contributed by atoms with Crippen molar-refractivity contribution in [2.45, 2.75) is 24.5 Å². The van der Waals surface area contributed by atoms with E-state index in [0.717, 1.165) is 0 Å². The molecule has 1 heterocycles. The van der Waals surface area contributed by atoms with Gasteiger partial charge in [0.1, 0.15) is 24.8 Å². The monoisotopic (exact) mass is 580 g/mol. The SMILES string of the molecule is N#C/C(NC=O)=C(\C#N)N[C@@H]1O[C@H](COC(=O)c2ccccc2)[C@@H](OC(=O)c2ccccc2)[C@H]1OC(=O)c1ccccc1. The molecule has 1 saturated heterocycles. The maximum atomic E-state index is 13.1. The first-order chi connectivity index (χ1) is 20.9. The fraction of sp³-hybridized carbons (Fsp3) is 0.161. The summed E-state index contributed by atoms with van der Waals surface area (Å²) in [4.78, 5) is 49.9. The molecule has 2 N–H and O–H groups in total. The van der Waals surface area contributed by atoms with Gasteiger partial charge in [0.2, 0.25) is 6.41 Å². The summed E-state index contributed by atoms with van der Waals surface area (Å²) in [5.74, 6) is -2.28. The van der Waals surface area contributed by atoms with Crippen molar-refractivity contribution in [3.05, 3.63) is 119 Å². The van der Waals surface area contributed by atoms with Crippen LogP contribution in [0.25, 0.3) is 0 Å². The Morgan fingerprint density at radius 2 is 1.19 bits per heavy atom. The number of ether oxygens (including phenoxy) is 4. The van der Waals surface area contributed by atoms with Gasteiger partial charge in [0.25, 0.3) is 0 Å². The third-order valence-corrected chi connectivity index (χ3v) is 6.17. The van der Waals surface area contributed by atoms with Crippen LogP contribution in [-0.2, 0) is 23.7 Å². The Bertz CT molecular complexity index is 1570. The quantitative estimate of drug-likeness (QED) is 0.147. The first-order valence-electron chi connectivity index (χ1n) is 12.9. The zero-order chi connectivity index (χ0) is 30.6. The van der Waals surface area contributed by atoms with Crippen LogP contribution in [-0.4, -0.2) is 55.5 Å². The van der Waals surface area contributed by atoms with E-state index in [2.05, 4.69) is 10.6 Å². The second-order valence-electron chi connectivity index (χ2n) is 8.91. The van der Waals surface area contributed by atoms with Crippen molar-refractivity contribution in [3.8, 4) is 12.1 Å². The van der Waals surface area contributed by atoms with Crippen LogP contribution in [0.2, 0.25) is 0 Å². The number of allylic oxidation sites excluding steroid dienone is 2. The number of benzene rings is 3. The molecule has 4 rings (SSSR count).